The highest BCUT2D eigenvalue weighted by atomic mass is 16.5. The molecule has 3 aromatic rings. The number of hydrogen-bond donors (Lipinski definition) is 0. The van der Waals surface area contributed by atoms with Gasteiger partial charge in [0.1, 0.15) is 5.75 Å². The van der Waals surface area contributed by atoms with Crippen LogP contribution in [0.3, 0.4) is 0 Å². The van der Waals surface area contributed by atoms with Crippen LogP contribution in [0.15, 0.2) is 64.4 Å². The Morgan fingerprint density at radius 2 is 1.72 bits per heavy atom. The first kappa shape index (κ1) is 16.8. The molecule has 25 heavy (non-hydrogen) atoms. The molecule has 0 radical (unpaired) electrons. The van der Waals surface area contributed by atoms with E-state index in [9.17, 15) is 9.59 Å². The van der Waals surface area contributed by atoms with Gasteiger partial charge < -0.3 is 9.30 Å². The number of rotatable bonds is 4. The summed E-state index contributed by atoms with van der Waals surface area (Å²) < 4.78 is 7.99. The number of aromatic nitrogens is 2. The van der Waals surface area contributed by atoms with Crippen LogP contribution in [0.25, 0.3) is 5.69 Å². The van der Waals surface area contributed by atoms with Crippen LogP contribution in [-0.2, 0) is 6.54 Å². The lowest BCUT2D eigenvalue weighted by atomic mass is 10.1. The average Bonchev–Trinajstić information content (AvgIpc) is 2.62. The Bertz CT molecular complexity index is 1030. The molecule has 0 unspecified atom stereocenters. The highest BCUT2D eigenvalue weighted by Gasteiger charge is 2.08. The molecule has 2 aromatic carbocycles. The van der Waals surface area contributed by atoms with E-state index < -0.39 is 11.1 Å². The Kier molecular flexibility index (Phi) is 4.57. The molecule has 3 rings (SSSR count). The summed E-state index contributed by atoms with van der Waals surface area (Å²) in [6, 6.07) is 13.1. The third kappa shape index (κ3) is 3.40. The Morgan fingerprint density at radius 3 is 2.44 bits per heavy atom. The van der Waals surface area contributed by atoms with Crippen LogP contribution >= 0.6 is 0 Å². The maximum absolute atomic E-state index is 12.5. The number of methoxy groups -OCH3 is 1. The number of benzene rings is 2. The van der Waals surface area contributed by atoms with Crippen molar-refractivity contribution >= 4 is 0 Å². The van der Waals surface area contributed by atoms with Gasteiger partial charge in [0.05, 0.1) is 13.7 Å². The van der Waals surface area contributed by atoms with Gasteiger partial charge in [0.15, 0.2) is 0 Å². The van der Waals surface area contributed by atoms with Gasteiger partial charge in [-0.3, -0.25) is 14.2 Å². The smallest absolute Gasteiger partial charge is 0.320 e. The lowest BCUT2D eigenvalue weighted by Gasteiger charge is -2.11. The van der Waals surface area contributed by atoms with Crippen LogP contribution in [0.5, 0.6) is 5.75 Å². The Hall–Kier alpha value is -3.08. The molecular weight excluding hydrogens is 316 g/mol. The van der Waals surface area contributed by atoms with Crippen molar-refractivity contribution in [2.75, 3.05) is 7.11 Å². The summed E-state index contributed by atoms with van der Waals surface area (Å²) in [6.07, 6.45) is 3.27. The molecule has 0 atom stereocenters. The first-order valence-corrected chi connectivity index (χ1v) is 8.02. The normalized spacial score (nSPS) is 10.7. The molecule has 0 aliphatic rings. The lowest BCUT2D eigenvalue weighted by molar-refractivity contribution is 0.414. The molecule has 0 saturated heterocycles. The zero-order chi connectivity index (χ0) is 18.0. The van der Waals surface area contributed by atoms with E-state index in [-0.39, 0.29) is 0 Å². The maximum Gasteiger partial charge on any atom is 0.320 e. The fraction of sp³-hybridized carbons (Fsp3) is 0.200. The van der Waals surface area contributed by atoms with Crippen molar-refractivity contribution in [2.45, 2.75) is 20.4 Å². The second-order valence-electron chi connectivity index (χ2n) is 6.03. The number of nitrogens with zero attached hydrogens (tertiary/aromatic N) is 2. The number of aryl methyl sites for hydroxylation is 2. The molecule has 1 heterocycles. The van der Waals surface area contributed by atoms with Gasteiger partial charge in [-0.2, -0.15) is 0 Å². The summed E-state index contributed by atoms with van der Waals surface area (Å²) in [5.41, 5.74) is 2.69. The van der Waals surface area contributed by atoms with E-state index in [1.54, 1.807) is 19.5 Å². The topological polar surface area (TPSA) is 53.2 Å². The van der Waals surface area contributed by atoms with Gasteiger partial charge in [-0.25, -0.2) is 0 Å². The van der Waals surface area contributed by atoms with Crippen LogP contribution in [0.1, 0.15) is 16.7 Å². The summed E-state index contributed by atoms with van der Waals surface area (Å²) in [7, 11) is 1.59. The highest BCUT2D eigenvalue weighted by Crippen LogP contribution is 2.14. The van der Waals surface area contributed by atoms with Crippen molar-refractivity contribution in [2.24, 2.45) is 0 Å². The molecule has 0 fully saturated rings. The zero-order valence-electron chi connectivity index (χ0n) is 14.5. The molecule has 5 nitrogen and oxygen atoms in total. The van der Waals surface area contributed by atoms with E-state index in [1.165, 1.54) is 9.13 Å². The van der Waals surface area contributed by atoms with Gasteiger partial charge in [-0.1, -0.05) is 18.2 Å². The third-order valence-corrected chi connectivity index (χ3v) is 4.31. The molecular formula is C20H20N2O3. The van der Waals surface area contributed by atoms with E-state index in [1.807, 2.05) is 56.3 Å². The van der Waals surface area contributed by atoms with Crippen LogP contribution in [0, 0.1) is 13.8 Å². The van der Waals surface area contributed by atoms with Crippen LogP contribution in [-0.4, -0.2) is 16.2 Å². The number of ether oxygens (including phenoxy) is 1. The van der Waals surface area contributed by atoms with Gasteiger partial charge in [0, 0.05) is 18.1 Å². The van der Waals surface area contributed by atoms with Gasteiger partial charge in [-0.15, -0.1) is 0 Å². The van der Waals surface area contributed by atoms with Crippen LogP contribution in [0.2, 0.25) is 0 Å². The number of hydrogen-bond acceptors (Lipinski definition) is 3. The van der Waals surface area contributed by atoms with Gasteiger partial charge in [0.25, 0.3) is 0 Å². The Morgan fingerprint density at radius 1 is 0.920 bits per heavy atom. The van der Waals surface area contributed by atoms with E-state index in [0.717, 1.165) is 16.7 Å². The minimum absolute atomic E-state index is 0.318. The fourth-order valence-electron chi connectivity index (χ4n) is 2.68. The monoisotopic (exact) mass is 336 g/mol. The van der Waals surface area contributed by atoms with Crippen molar-refractivity contribution in [3.8, 4) is 11.4 Å². The molecule has 5 heteroatoms. The average molecular weight is 336 g/mol. The summed E-state index contributed by atoms with van der Waals surface area (Å²) in [5, 5.41) is 0. The molecule has 0 N–H and O–H groups in total. The SMILES string of the molecule is COc1cccc(Cn2ccn(-c3ccc(C)c(C)c3)c(=O)c2=O)c1. The first-order valence-electron chi connectivity index (χ1n) is 8.02. The zero-order valence-corrected chi connectivity index (χ0v) is 14.5. The first-order chi connectivity index (χ1) is 12.0. The van der Waals surface area contributed by atoms with Crippen molar-refractivity contribution in [3.63, 3.8) is 0 Å². The lowest BCUT2D eigenvalue weighted by Crippen LogP contribution is -2.40. The van der Waals surface area contributed by atoms with Gasteiger partial charge in [0.2, 0.25) is 0 Å². The van der Waals surface area contributed by atoms with E-state index in [4.69, 9.17) is 4.74 Å². The van der Waals surface area contributed by atoms with Gasteiger partial charge >= 0.3 is 11.1 Å². The molecule has 0 saturated carbocycles. The summed E-state index contributed by atoms with van der Waals surface area (Å²) >= 11 is 0. The largest absolute Gasteiger partial charge is 0.497 e. The van der Waals surface area contributed by atoms with Crippen LogP contribution < -0.4 is 15.9 Å². The fourth-order valence-corrected chi connectivity index (χ4v) is 2.68. The standard InChI is InChI=1S/C20H20N2O3/c1-14-7-8-17(11-15(14)2)22-10-9-21(19(23)20(22)24)13-16-5-4-6-18(12-16)25-3/h4-12H,13H2,1-3H3. The highest BCUT2D eigenvalue weighted by molar-refractivity contribution is 5.39. The Labute approximate surface area is 145 Å². The molecule has 1 aromatic heterocycles. The van der Waals surface area contributed by atoms with E-state index >= 15 is 0 Å². The minimum atomic E-state index is -0.561. The van der Waals surface area contributed by atoms with Gasteiger partial charge in [-0.05, 0) is 54.8 Å². The van der Waals surface area contributed by atoms with Crippen LogP contribution in [0.4, 0.5) is 0 Å². The van der Waals surface area contributed by atoms with E-state index in [2.05, 4.69) is 0 Å². The summed E-state index contributed by atoms with van der Waals surface area (Å²) in [4.78, 5) is 25.0. The van der Waals surface area contributed by atoms with Crippen molar-refractivity contribution in [1.82, 2.24) is 9.13 Å². The molecule has 0 amide bonds. The Balaban J connectivity index is 1.99. The molecule has 0 aliphatic carbocycles. The van der Waals surface area contributed by atoms with E-state index in [0.29, 0.717) is 18.0 Å². The van der Waals surface area contributed by atoms with Crippen molar-refractivity contribution < 1.29 is 4.74 Å². The predicted octanol–water partition coefficient (Wildman–Crippen LogP) is 2.67. The summed E-state index contributed by atoms with van der Waals surface area (Å²) in [5.74, 6) is 0.717. The van der Waals surface area contributed by atoms with Crippen molar-refractivity contribution in [3.05, 3.63) is 92.3 Å². The second-order valence-corrected chi connectivity index (χ2v) is 6.03. The second kappa shape index (κ2) is 6.81. The van der Waals surface area contributed by atoms with Crippen molar-refractivity contribution in [1.29, 1.82) is 0 Å². The minimum Gasteiger partial charge on any atom is -0.497 e. The molecule has 0 spiro atoms. The quantitative estimate of drug-likeness (QED) is 0.688. The summed E-state index contributed by atoms with van der Waals surface area (Å²) in [6.45, 7) is 4.31. The third-order valence-electron chi connectivity index (χ3n) is 4.31. The molecule has 0 bridgehead atoms. The molecule has 0 aliphatic heterocycles. The maximum atomic E-state index is 12.5. The molecule has 128 valence electrons. The predicted molar refractivity (Wildman–Crippen MR) is 97.9 cm³/mol.